The van der Waals surface area contributed by atoms with Crippen molar-refractivity contribution in [3.05, 3.63) is 58.8 Å². The van der Waals surface area contributed by atoms with Crippen molar-refractivity contribution < 1.29 is 14.3 Å². The highest BCUT2D eigenvalue weighted by Gasteiger charge is 2.20. The minimum Gasteiger partial charge on any atom is -0.463 e. The van der Waals surface area contributed by atoms with Crippen molar-refractivity contribution in [2.75, 3.05) is 0 Å². The highest BCUT2D eigenvalue weighted by atomic mass is 16.5. The molecule has 1 atom stereocenters. The molecule has 30 heavy (non-hydrogen) atoms. The fraction of sp³-hybridized carbons (Fsp3) is 0.381. The van der Waals surface area contributed by atoms with Crippen LogP contribution in [0.1, 0.15) is 38.3 Å². The van der Waals surface area contributed by atoms with Gasteiger partial charge in [-0.2, -0.15) is 5.10 Å². The molecule has 1 unspecified atom stereocenters. The van der Waals surface area contributed by atoms with Crippen molar-refractivity contribution in [3.63, 3.8) is 0 Å². The molecule has 2 heterocycles. The number of amides is 1. The molecule has 0 saturated carbocycles. The molecule has 0 spiro atoms. The Morgan fingerprint density at radius 3 is 2.63 bits per heavy atom. The van der Waals surface area contributed by atoms with Crippen LogP contribution in [0.5, 0.6) is 0 Å². The Morgan fingerprint density at radius 1 is 1.20 bits per heavy atom. The summed E-state index contributed by atoms with van der Waals surface area (Å²) < 4.78 is 8.13. The van der Waals surface area contributed by atoms with Crippen molar-refractivity contribution in [2.24, 2.45) is 7.05 Å². The van der Waals surface area contributed by atoms with Gasteiger partial charge in [0, 0.05) is 20.0 Å². The Labute approximate surface area is 173 Å². The zero-order chi connectivity index (χ0) is 21.7. The number of ether oxygens (including phenoxy) is 1. The van der Waals surface area contributed by atoms with Crippen molar-refractivity contribution in [3.8, 4) is 0 Å². The molecule has 0 fully saturated rings. The van der Waals surface area contributed by atoms with Gasteiger partial charge >= 0.3 is 5.97 Å². The first-order chi connectivity index (χ1) is 14.3. The Kier molecular flexibility index (Phi) is 6.61. The molecule has 9 nitrogen and oxygen atoms in total. The lowest BCUT2D eigenvalue weighted by Crippen LogP contribution is -2.32. The average molecular weight is 411 g/mol. The quantitative estimate of drug-likeness (QED) is 0.566. The summed E-state index contributed by atoms with van der Waals surface area (Å²) >= 11 is 0. The summed E-state index contributed by atoms with van der Waals surface area (Å²) in [5.41, 5.74) is 1.05. The monoisotopic (exact) mass is 411 g/mol. The van der Waals surface area contributed by atoms with Crippen LogP contribution in [-0.2, 0) is 27.9 Å². The van der Waals surface area contributed by atoms with Crippen molar-refractivity contribution in [2.45, 2.75) is 45.4 Å². The van der Waals surface area contributed by atoms with E-state index < -0.39 is 6.04 Å². The van der Waals surface area contributed by atoms with Gasteiger partial charge in [-0.05, 0) is 19.4 Å². The van der Waals surface area contributed by atoms with E-state index in [0.29, 0.717) is 11.0 Å². The van der Waals surface area contributed by atoms with Gasteiger partial charge in [-0.1, -0.05) is 30.3 Å². The molecule has 1 amide bonds. The fourth-order valence-corrected chi connectivity index (χ4v) is 3.13. The van der Waals surface area contributed by atoms with Crippen LogP contribution < -0.4 is 10.9 Å². The fourth-order valence-electron chi connectivity index (χ4n) is 3.13. The lowest BCUT2D eigenvalue weighted by Gasteiger charge is -2.19. The maximum atomic E-state index is 12.6. The molecule has 0 saturated heterocycles. The molecule has 9 heteroatoms. The Hall–Kier alpha value is -3.49. The van der Waals surface area contributed by atoms with Crippen LogP contribution in [-0.4, -0.2) is 37.3 Å². The summed E-state index contributed by atoms with van der Waals surface area (Å²) in [4.78, 5) is 41.4. The van der Waals surface area contributed by atoms with Crippen molar-refractivity contribution in [1.82, 2.24) is 24.6 Å². The Morgan fingerprint density at radius 2 is 1.93 bits per heavy atom. The molecule has 0 bridgehead atoms. The predicted octanol–water partition coefficient (Wildman–Crippen LogP) is 1.72. The topological polar surface area (TPSA) is 108 Å². The molecule has 3 aromatic rings. The van der Waals surface area contributed by atoms with E-state index in [4.69, 9.17) is 4.74 Å². The summed E-state index contributed by atoms with van der Waals surface area (Å²) in [5, 5.41) is 7.31. The molecular weight excluding hydrogens is 386 g/mol. The normalized spacial score (nSPS) is 12.1. The van der Waals surface area contributed by atoms with E-state index in [2.05, 4.69) is 15.4 Å². The van der Waals surface area contributed by atoms with Gasteiger partial charge in [0.05, 0.1) is 31.1 Å². The summed E-state index contributed by atoms with van der Waals surface area (Å²) in [5.74, 6) is -0.666. The number of hydrogen-bond acceptors (Lipinski definition) is 6. The number of esters is 1. The van der Waals surface area contributed by atoms with Gasteiger partial charge in [-0.3, -0.25) is 23.6 Å². The first-order valence-electron chi connectivity index (χ1n) is 9.76. The molecule has 1 N–H and O–H groups in total. The molecule has 3 rings (SSSR count). The van der Waals surface area contributed by atoms with Gasteiger partial charge in [-0.15, -0.1) is 0 Å². The molecule has 0 radical (unpaired) electrons. The van der Waals surface area contributed by atoms with E-state index in [9.17, 15) is 14.4 Å². The van der Waals surface area contributed by atoms with Crippen LogP contribution in [0.3, 0.4) is 0 Å². The molecule has 2 aromatic heterocycles. The predicted molar refractivity (Wildman–Crippen MR) is 111 cm³/mol. The number of rotatable bonds is 8. The molecule has 1 aromatic carbocycles. The second-order valence-electron chi connectivity index (χ2n) is 7.27. The van der Waals surface area contributed by atoms with Gasteiger partial charge in [0.25, 0.3) is 5.56 Å². The van der Waals surface area contributed by atoms with Gasteiger partial charge in [0.2, 0.25) is 5.91 Å². The number of hydrogen-bond donors (Lipinski definition) is 1. The Bertz CT molecular complexity index is 1090. The maximum Gasteiger partial charge on any atom is 0.308 e. The standard InChI is InChI=1S/C21H25N5O4/c1-14(2)30-19(28)11-17(15-7-5-4-6-8-15)24-18(27)9-10-26-13-22-20-16(21(26)29)12-23-25(20)3/h4-8,12-14,17H,9-11H2,1-3H3,(H,24,27). The molecule has 158 valence electrons. The first kappa shape index (κ1) is 21.2. The lowest BCUT2D eigenvalue weighted by atomic mass is 10.0. The van der Waals surface area contributed by atoms with Crippen LogP contribution >= 0.6 is 0 Å². The van der Waals surface area contributed by atoms with Gasteiger partial charge in [0.1, 0.15) is 5.39 Å². The van der Waals surface area contributed by atoms with Gasteiger partial charge in [-0.25, -0.2) is 4.98 Å². The van der Waals surface area contributed by atoms with Crippen LogP contribution in [0.4, 0.5) is 0 Å². The van der Waals surface area contributed by atoms with E-state index in [1.165, 1.54) is 21.8 Å². The van der Waals surface area contributed by atoms with E-state index in [-0.39, 0.29) is 42.9 Å². The number of aromatic nitrogens is 4. The number of carbonyl (C=O) groups excluding carboxylic acids is 2. The summed E-state index contributed by atoms with van der Waals surface area (Å²) in [6, 6.07) is 8.73. The second-order valence-corrected chi connectivity index (χ2v) is 7.27. The molecular formula is C21H25N5O4. The van der Waals surface area contributed by atoms with Gasteiger partial charge < -0.3 is 10.1 Å². The van der Waals surface area contributed by atoms with Crippen LogP contribution in [0.25, 0.3) is 11.0 Å². The van der Waals surface area contributed by atoms with Crippen molar-refractivity contribution >= 4 is 22.9 Å². The highest BCUT2D eigenvalue weighted by Crippen LogP contribution is 2.18. The third-order valence-corrected chi connectivity index (χ3v) is 4.57. The minimum atomic E-state index is -0.513. The first-order valence-corrected chi connectivity index (χ1v) is 9.76. The third kappa shape index (κ3) is 5.11. The number of benzene rings is 1. The summed E-state index contributed by atoms with van der Waals surface area (Å²) in [6.07, 6.45) is 2.74. The number of aryl methyl sites for hydroxylation is 2. The number of nitrogens with zero attached hydrogens (tertiary/aromatic N) is 4. The number of fused-ring (bicyclic) bond motifs is 1. The molecule has 0 aliphatic heterocycles. The van der Waals surface area contributed by atoms with Crippen molar-refractivity contribution in [1.29, 1.82) is 0 Å². The van der Waals surface area contributed by atoms with Crippen LogP contribution in [0.15, 0.2) is 47.7 Å². The zero-order valence-electron chi connectivity index (χ0n) is 17.2. The summed E-state index contributed by atoms with van der Waals surface area (Å²) in [7, 11) is 1.71. The molecule has 0 aliphatic rings. The highest BCUT2D eigenvalue weighted by molar-refractivity contribution is 5.78. The van der Waals surface area contributed by atoms with Crippen LogP contribution in [0, 0.1) is 0 Å². The van der Waals surface area contributed by atoms with E-state index in [1.54, 1.807) is 20.9 Å². The summed E-state index contributed by atoms with van der Waals surface area (Å²) in [6.45, 7) is 3.72. The minimum absolute atomic E-state index is 0.0249. The van der Waals surface area contributed by atoms with Gasteiger partial charge in [0.15, 0.2) is 5.65 Å². The molecule has 0 aliphatic carbocycles. The maximum absolute atomic E-state index is 12.6. The average Bonchev–Trinajstić information content (AvgIpc) is 3.09. The van der Waals surface area contributed by atoms with E-state index in [0.717, 1.165) is 5.56 Å². The lowest BCUT2D eigenvalue weighted by molar-refractivity contribution is -0.148. The number of nitrogens with one attached hydrogen (secondary N) is 1. The van der Waals surface area contributed by atoms with E-state index in [1.807, 2.05) is 30.3 Å². The van der Waals surface area contributed by atoms with Crippen LogP contribution in [0.2, 0.25) is 0 Å². The second kappa shape index (κ2) is 9.34. The smallest absolute Gasteiger partial charge is 0.308 e. The third-order valence-electron chi connectivity index (χ3n) is 4.57. The zero-order valence-corrected chi connectivity index (χ0v) is 17.2. The van der Waals surface area contributed by atoms with E-state index >= 15 is 0 Å². The Balaban J connectivity index is 1.67. The largest absolute Gasteiger partial charge is 0.463 e. The number of carbonyl (C=O) groups is 2. The SMILES string of the molecule is CC(C)OC(=O)CC(NC(=O)CCn1cnc2c(cnn2C)c1=O)c1ccccc1.